The number of carbonyl (C=O) groups excluding carboxylic acids is 1. The van der Waals surface area contributed by atoms with Crippen LogP contribution in [0.4, 0.5) is 5.95 Å². The maximum absolute atomic E-state index is 13.5. The Balaban J connectivity index is 1.33. The number of aryl methyl sites for hydroxylation is 1. The minimum atomic E-state index is -0.585. The van der Waals surface area contributed by atoms with Gasteiger partial charge < -0.3 is 24.3 Å². The van der Waals surface area contributed by atoms with E-state index in [4.69, 9.17) is 9.47 Å². The summed E-state index contributed by atoms with van der Waals surface area (Å²) in [7, 11) is 1.85. The molecule has 4 heterocycles. The Hall–Kier alpha value is -3.30. The van der Waals surface area contributed by atoms with Crippen LogP contribution in [0, 0.1) is 0 Å². The van der Waals surface area contributed by atoms with Gasteiger partial charge >= 0.3 is 0 Å². The predicted octanol–water partition coefficient (Wildman–Crippen LogP) is 1.83. The number of anilines is 1. The number of nitrogens with one attached hydrogen (secondary N) is 1. The summed E-state index contributed by atoms with van der Waals surface area (Å²) in [5, 5.41) is 3.74. The van der Waals surface area contributed by atoms with Crippen molar-refractivity contribution in [1.82, 2.24) is 19.4 Å². The molecule has 2 aliphatic heterocycles. The number of nitrogens with zero attached hydrogens (tertiary/aromatic N) is 4. The highest BCUT2D eigenvalue weighted by Crippen LogP contribution is 2.33. The maximum Gasteiger partial charge on any atom is 0.259 e. The lowest BCUT2D eigenvalue weighted by atomic mass is 9.99. The van der Waals surface area contributed by atoms with Crippen LogP contribution in [0.15, 0.2) is 53.7 Å². The lowest BCUT2D eigenvalue weighted by molar-refractivity contribution is -0.0802. The summed E-state index contributed by atoms with van der Waals surface area (Å²) in [5.41, 5.74) is 0.139. The molecule has 3 aromatic rings. The maximum atomic E-state index is 13.5. The predicted molar refractivity (Wildman–Crippen MR) is 123 cm³/mol. The van der Waals surface area contributed by atoms with Crippen LogP contribution in [0.1, 0.15) is 23.2 Å². The molecule has 2 atom stereocenters. The fraction of sp³-hybridized carbons (Fsp3) is 0.417. The first-order chi connectivity index (χ1) is 16.0. The molecule has 172 valence electrons. The Kier molecular flexibility index (Phi) is 5.82. The third-order valence-corrected chi connectivity index (χ3v) is 6.36. The summed E-state index contributed by atoms with van der Waals surface area (Å²) < 4.78 is 14.1. The highest BCUT2D eigenvalue weighted by molar-refractivity contribution is 5.97. The quantitative estimate of drug-likeness (QED) is 0.649. The van der Waals surface area contributed by atoms with Crippen molar-refractivity contribution in [3.05, 3.63) is 64.7 Å². The topological polar surface area (TPSA) is 98.6 Å². The molecule has 0 saturated carbocycles. The molecule has 0 radical (unpaired) electrons. The van der Waals surface area contributed by atoms with Gasteiger partial charge in [0.2, 0.25) is 11.4 Å². The fourth-order valence-electron chi connectivity index (χ4n) is 4.70. The molecule has 9 nitrogen and oxygen atoms in total. The minimum absolute atomic E-state index is 0.0407. The number of ether oxygens (including phenoxy) is 2. The van der Waals surface area contributed by atoms with Gasteiger partial charge in [0.05, 0.1) is 31.4 Å². The first-order valence-electron chi connectivity index (χ1n) is 11.2. The third-order valence-electron chi connectivity index (χ3n) is 6.36. The SMILES string of the molecule is Cn1cc(C(=O)N2CCOC[C@@]3(CC[C@@H](CNc4ncccn4)O3)C2)c(=O)c2ccccc21. The summed E-state index contributed by atoms with van der Waals surface area (Å²) in [6.45, 7) is 2.21. The van der Waals surface area contributed by atoms with Crippen molar-refractivity contribution < 1.29 is 14.3 Å². The van der Waals surface area contributed by atoms with Gasteiger partial charge in [-0.15, -0.1) is 0 Å². The molecule has 0 bridgehead atoms. The summed E-state index contributed by atoms with van der Waals surface area (Å²) in [6.07, 6.45) is 6.57. The van der Waals surface area contributed by atoms with Crippen LogP contribution < -0.4 is 10.7 Å². The van der Waals surface area contributed by atoms with Crippen LogP contribution >= 0.6 is 0 Å². The monoisotopic (exact) mass is 449 g/mol. The molecule has 1 amide bonds. The van der Waals surface area contributed by atoms with Crippen LogP contribution in [0.5, 0.6) is 0 Å². The number of pyridine rings is 1. The number of benzene rings is 1. The zero-order valence-electron chi connectivity index (χ0n) is 18.6. The van der Waals surface area contributed by atoms with E-state index in [9.17, 15) is 9.59 Å². The van der Waals surface area contributed by atoms with E-state index in [1.54, 1.807) is 35.6 Å². The summed E-state index contributed by atoms with van der Waals surface area (Å²) >= 11 is 0. The van der Waals surface area contributed by atoms with Gasteiger partial charge in [-0.05, 0) is 31.0 Å². The normalized spacial score (nSPS) is 23.1. The van der Waals surface area contributed by atoms with E-state index in [2.05, 4.69) is 15.3 Å². The van der Waals surface area contributed by atoms with Crippen LogP contribution in [0.2, 0.25) is 0 Å². The Labute approximate surface area is 191 Å². The van der Waals surface area contributed by atoms with Crippen molar-refractivity contribution in [2.24, 2.45) is 7.05 Å². The average molecular weight is 450 g/mol. The standard InChI is InChI=1S/C24H27N5O4/c1-28-14-19(21(30)18-5-2-3-6-20(18)28)22(31)29-11-12-32-16-24(15-29)8-7-17(33-24)13-27-23-25-9-4-10-26-23/h2-6,9-10,14,17H,7-8,11-13,15-16H2,1H3,(H,25,26,27)/t17-,24+/m0/s1. The van der Waals surface area contributed by atoms with E-state index in [0.717, 1.165) is 18.4 Å². The number of carbonyl (C=O) groups is 1. The zero-order valence-corrected chi connectivity index (χ0v) is 18.6. The van der Waals surface area contributed by atoms with Crippen molar-refractivity contribution >= 4 is 22.8 Å². The molecule has 2 aliphatic rings. The van der Waals surface area contributed by atoms with Gasteiger partial charge in [-0.1, -0.05) is 12.1 Å². The number of fused-ring (bicyclic) bond motifs is 1. The van der Waals surface area contributed by atoms with Gasteiger partial charge in [0, 0.05) is 44.1 Å². The first-order valence-corrected chi connectivity index (χ1v) is 11.2. The summed E-state index contributed by atoms with van der Waals surface area (Å²) in [5.74, 6) is 0.275. The Morgan fingerprint density at radius 2 is 2.06 bits per heavy atom. The van der Waals surface area contributed by atoms with Gasteiger partial charge in [0.25, 0.3) is 5.91 Å². The molecule has 2 fully saturated rings. The van der Waals surface area contributed by atoms with E-state index in [-0.39, 0.29) is 23.0 Å². The highest BCUT2D eigenvalue weighted by atomic mass is 16.6. The minimum Gasteiger partial charge on any atom is -0.377 e. The Morgan fingerprint density at radius 3 is 2.91 bits per heavy atom. The molecule has 0 aliphatic carbocycles. The molecule has 1 N–H and O–H groups in total. The van der Waals surface area contributed by atoms with E-state index in [1.807, 2.05) is 29.8 Å². The number of hydrogen-bond acceptors (Lipinski definition) is 7. The smallest absolute Gasteiger partial charge is 0.259 e. The summed E-state index contributed by atoms with van der Waals surface area (Å²) in [4.78, 5) is 36.6. The van der Waals surface area contributed by atoms with E-state index >= 15 is 0 Å². The number of aromatic nitrogens is 3. The number of rotatable bonds is 4. The van der Waals surface area contributed by atoms with E-state index < -0.39 is 5.60 Å². The van der Waals surface area contributed by atoms with Crippen LogP contribution in [-0.4, -0.2) is 69.9 Å². The number of amides is 1. The average Bonchev–Trinajstić information content (AvgIpc) is 3.12. The molecule has 2 saturated heterocycles. The van der Waals surface area contributed by atoms with Gasteiger partial charge in [0.1, 0.15) is 11.2 Å². The zero-order chi connectivity index (χ0) is 22.8. The fourth-order valence-corrected chi connectivity index (χ4v) is 4.70. The van der Waals surface area contributed by atoms with E-state index in [0.29, 0.717) is 44.2 Å². The number of para-hydroxylation sites is 1. The highest BCUT2D eigenvalue weighted by Gasteiger charge is 2.44. The molecular formula is C24H27N5O4. The Morgan fingerprint density at radius 1 is 1.24 bits per heavy atom. The lowest BCUT2D eigenvalue weighted by Gasteiger charge is -2.32. The first kappa shape index (κ1) is 21.5. The molecule has 1 spiro atoms. The number of hydrogen-bond donors (Lipinski definition) is 1. The Bertz CT molecular complexity index is 1210. The van der Waals surface area contributed by atoms with Gasteiger partial charge in [0.15, 0.2) is 0 Å². The van der Waals surface area contributed by atoms with Crippen molar-refractivity contribution in [2.45, 2.75) is 24.5 Å². The second kappa shape index (κ2) is 8.92. The van der Waals surface area contributed by atoms with Crippen LogP contribution in [-0.2, 0) is 16.5 Å². The second-order valence-electron chi connectivity index (χ2n) is 8.69. The molecule has 33 heavy (non-hydrogen) atoms. The molecule has 2 aromatic heterocycles. The van der Waals surface area contributed by atoms with Crippen molar-refractivity contribution in [1.29, 1.82) is 0 Å². The van der Waals surface area contributed by atoms with Crippen molar-refractivity contribution in [3.8, 4) is 0 Å². The van der Waals surface area contributed by atoms with Crippen molar-refractivity contribution in [3.63, 3.8) is 0 Å². The van der Waals surface area contributed by atoms with Gasteiger partial charge in [-0.25, -0.2) is 9.97 Å². The van der Waals surface area contributed by atoms with Gasteiger partial charge in [-0.2, -0.15) is 0 Å². The third kappa shape index (κ3) is 4.34. The van der Waals surface area contributed by atoms with Crippen LogP contribution in [0.3, 0.4) is 0 Å². The molecule has 5 rings (SSSR count). The molecule has 9 heteroatoms. The molecule has 0 unspecified atom stereocenters. The summed E-state index contributed by atoms with van der Waals surface area (Å²) in [6, 6.07) is 9.10. The van der Waals surface area contributed by atoms with E-state index in [1.165, 1.54) is 0 Å². The second-order valence-corrected chi connectivity index (χ2v) is 8.69. The van der Waals surface area contributed by atoms with Crippen LogP contribution in [0.25, 0.3) is 10.9 Å². The van der Waals surface area contributed by atoms with Gasteiger partial charge in [-0.3, -0.25) is 9.59 Å². The largest absolute Gasteiger partial charge is 0.377 e. The van der Waals surface area contributed by atoms with Crippen molar-refractivity contribution in [2.75, 3.05) is 38.2 Å². The lowest BCUT2D eigenvalue weighted by Crippen LogP contribution is -2.47. The molecular weight excluding hydrogens is 422 g/mol. The molecule has 1 aromatic carbocycles.